The fourth-order valence-electron chi connectivity index (χ4n) is 2.44. The van der Waals surface area contributed by atoms with Crippen LogP contribution in [-0.2, 0) is 16.1 Å². The second-order valence-electron chi connectivity index (χ2n) is 5.42. The Morgan fingerprint density at radius 2 is 2.12 bits per heavy atom. The van der Waals surface area contributed by atoms with Crippen LogP contribution in [-0.4, -0.2) is 49.3 Å². The van der Waals surface area contributed by atoms with Gasteiger partial charge in [0, 0.05) is 20.2 Å². The van der Waals surface area contributed by atoms with Crippen LogP contribution in [0, 0.1) is 6.92 Å². The molecule has 0 saturated carbocycles. The molecule has 2 aromatic heterocycles. The van der Waals surface area contributed by atoms with Crippen LogP contribution >= 0.6 is 0 Å². The zero-order chi connectivity index (χ0) is 16.9. The second kappa shape index (κ2) is 7.41. The van der Waals surface area contributed by atoms with E-state index >= 15 is 0 Å². The number of pyridine rings is 1. The predicted molar refractivity (Wildman–Crippen MR) is 87.2 cm³/mol. The average Bonchev–Trinajstić information content (AvgIpc) is 3.06. The number of hydrogen-bond donors (Lipinski definition) is 1. The van der Waals surface area contributed by atoms with Crippen LogP contribution < -0.4 is 10.2 Å². The van der Waals surface area contributed by atoms with Gasteiger partial charge in [-0.25, -0.2) is 9.97 Å². The van der Waals surface area contributed by atoms with Gasteiger partial charge < -0.3 is 24.1 Å². The van der Waals surface area contributed by atoms with Crippen LogP contribution in [0.15, 0.2) is 22.8 Å². The van der Waals surface area contributed by atoms with Gasteiger partial charge in [0.25, 0.3) is 5.91 Å². The summed E-state index contributed by atoms with van der Waals surface area (Å²) in [5.41, 5.74) is 1.60. The number of rotatable bonds is 5. The number of aromatic nitrogens is 2. The standard InChI is InChI=1S/C16H20N4O4/c1-11-12(3-4-14(17-11)20-5-7-23-8-6-20)19-16(21)13-9-24-15(18-13)10-22-2/h3-4,9H,5-8,10H2,1-2H3,(H,19,21). The minimum Gasteiger partial charge on any atom is -0.446 e. The summed E-state index contributed by atoms with van der Waals surface area (Å²) in [5, 5.41) is 2.80. The van der Waals surface area contributed by atoms with E-state index in [4.69, 9.17) is 13.9 Å². The fourth-order valence-corrected chi connectivity index (χ4v) is 2.44. The first-order valence-corrected chi connectivity index (χ1v) is 7.72. The number of ether oxygens (including phenoxy) is 2. The molecule has 0 aromatic carbocycles. The fraction of sp³-hybridized carbons (Fsp3) is 0.438. The van der Waals surface area contributed by atoms with E-state index in [9.17, 15) is 4.79 Å². The number of methoxy groups -OCH3 is 1. The molecule has 128 valence electrons. The third kappa shape index (κ3) is 3.72. The maximum atomic E-state index is 12.2. The van der Waals surface area contributed by atoms with E-state index in [0.29, 0.717) is 24.8 Å². The number of hydrogen-bond acceptors (Lipinski definition) is 7. The Bertz CT molecular complexity index is 710. The molecule has 1 fully saturated rings. The van der Waals surface area contributed by atoms with Crippen LogP contribution in [0.1, 0.15) is 22.1 Å². The minimum atomic E-state index is -0.342. The highest BCUT2D eigenvalue weighted by Gasteiger charge is 2.16. The van der Waals surface area contributed by atoms with Gasteiger partial charge in [-0.2, -0.15) is 0 Å². The van der Waals surface area contributed by atoms with E-state index in [1.54, 1.807) is 0 Å². The van der Waals surface area contributed by atoms with Gasteiger partial charge in [-0.05, 0) is 19.1 Å². The van der Waals surface area contributed by atoms with Crippen molar-refractivity contribution in [2.75, 3.05) is 43.6 Å². The largest absolute Gasteiger partial charge is 0.446 e. The Morgan fingerprint density at radius 1 is 1.33 bits per heavy atom. The molecule has 1 aliphatic rings. The molecule has 3 rings (SSSR count). The molecule has 1 N–H and O–H groups in total. The van der Waals surface area contributed by atoms with Gasteiger partial charge in [0.05, 0.1) is 24.6 Å². The molecule has 8 heteroatoms. The Kier molecular flexibility index (Phi) is 5.07. The lowest BCUT2D eigenvalue weighted by atomic mass is 10.2. The van der Waals surface area contributed by atoms with Crippen LogP contribution in [0.5, 0.6) is 0 Å². The third-order valence-electron chi connectivity index (χ3n) is 3.71. The number of carbonyl (C=O) groups is 1. The van der Waals surface area contributed by atoms with Gasteiger partial charge in [-0.15, -0.1) is 0 Å². The molecule has 2 aromatic rings. The van der Waals surface area contributed by atoms with E-state index in [-0.39, 0.29) is 18.2 Å². The van der Waals surface area contributed by atoms with Crippen molar-refractivity contribution in [1.29, 1.82) is 0 Å². The van der Waals surface area contributed by atoms with E-state index in [0.717, 1.165) is 24.6 Å². The summed E-state index contributed by atoms with van der Waals surface area (Å²) >= 11 is 0. The van der Waals surface area contributed by atoms with Gasteiger partial charge >= 0.3 is 0 Å². The quantitative estimate of drug-likeness (QED) is 0.889. The Hall–Kier alpha value is -2.45. The monoisotopic (exact) mass is 332 g/mol. The lowest BCUT2D eigenvalue weighted by molar-refractivity contribution is 0.102. The normalized spacial score (nSPS) is 14.7. The summed E-state index contributed by atoms with van der Waals surface area (Å²) in [6.45, 7) is 5.13. The van der Waals surface area contributed by atoms with E-state index in [1.807, 2.05) is 19.1 Å². The summed E-state index contributed by atoms with van der Waals surface area (Å²) in [6.07, 6.45) is 1.31. The molecule has 24 heavy (non-hydrogen) atoms. The Balaban J connectivity index is 1.68. The highest BCUT2D eigenvalue weighted by Crippen LogP contribution is 2.20. The Morgan fingerprint density at radius 3 is 2.83 bits per heavy atom. The molecule has 0 aliphatic carbocycles. The molecule has 0 spiro atoms. The number of aryl methyl sites for hydroxylation is 1. The zero-order valence-electron chi connectivity index (χ0n) is 13.7. The molecule has 8 nitrogen and oxygen atoms in total. The van der Waals surface area contributed by atoms with Crippen LogP contribution in [0.3, 0.4) is 0 Å². The van der Waals surface area contributed by atoms with Gasteiger partial charge in [0.2, 0.25) is 5.89 Å². The zero-order valence-corrected chi connectivity index (χ0v) is 13.7. The smallest absolute Gasteiger partial charge is 0.277 e. The van der Waals surface area contributed by atoms with Crippen molar-refractivity contribution in [3.05, 3.63) is 35.7 Å². The lowest BCUT2D eigenvalue weighted by Gasteiger charge is -2.28. The van der Waals surface area contributed by atoms with Crippen molar-refractivity contribution in [2.24, 2.45) is 0 Å². The number of nitrogens with zero attached hydrogens (tertiary/aromatic N) is 3. The molecule has 0 bridgehead atoms. The highest BCUT2D eigenvalue weighted by molar-refractivity contribution is 6.03. The lowest BCUT2D eigenvalue weighted by Crippen LogP contribution is -2.36. The van der Waals surface area contributed by atoms with E-state index in [1.165, 1.54) is 13.4 Å². The van der Waals surface area contributed by atoms with Crippen molar-refractivity contribution in [3.63, 3.8) is 0 Å². The number of oxazole rings is 1. The Labute approximate surface area is 139 Å². The van der Waals surface area contributed by atoms with Gasteiger partial charge in [-0.3, -0.25) is 4.79 Å². The number of carbonyl (C=O) groups excluding carboxylic acids is 1. The number of amides is 1. The average molecular weight is 332 g/mol. The van der Waals surface area contributed by atoms with Crippen LogP contribution in [0.25, 0.3) is 0 Å². The van der Waals surface area contributed by atoms with E-state index < -0.39 is 0 Å². The minimum absolute atomic E-state index is 0.207. The first kappa shape index (κ1) is 16.4. The SMILES string of the molecule is COCc1nc(C(=O)Nc2ccc(N3CCOCC3)nc2C)co1. The molecule has 1 saturated heterocycles. The maximum Gasteiger partial charge on any atom is 0.277 e. The molecule has 3 heterocycles. The van der Waals surface area contributed by atoms with Crippen molar-refractivity contribution in [2.45, 2.75) is 13.5 Å². The molecule has 0 radical (unpaired) electrons. The molecular weight excluding hydrogens is 312 g/mol. The molecule has 1 aliphatic heterocycles. The van der Waals surface area contributed by atoms with Crippen molar-refractivity contribution in [1.82, 2.24) is 9.97 Å². The van der Waals surface area contributed by atoms with Crippen molar-refractivity contribution >= 4 is 17.4 Å². The first-order chi connectivity index (χ1) is 11.7. The van der Waals surface area contributed by atoms with Crippen molar-refractivity contribution in [3.8, 4) is 0 Å². The summed E-state index contributed by atoms with van der Waals surface area (Å²) in [6, 6.07) is 3.74. The van der Waals surface area contributed by atoms with Crippen LogP contribution in [0.2, 0.25) is 0 Å². The summed E-state index contributed by atoms with van der Waals surface area (Å²) in [5.74, 6) is 0.905. The highest BCUT2D eigenvalue weighted by atomic mass is 16.5. The van der Waals surface area contributed by atoms with Gasteiger partial charge in [-0.1, -0.05) is 0 Å². The predicted octanol–water partition coefficient (Wildman–Crippen LogP) is 1.61. The number of morpholine rings is 1. The van der Waals surface area contributed by atoms with Crippen molar-refractivity contribution < 1.29 is 18.7 Å². The third-order valence-corrected chi connectivity index (χ3v) is 3.71. The maximum absolute atomic E-state index is 12.2. The van der Waals surface area contributed by atoms with Gasteiger partial charge in [0.15, 0.2) is 5.69 Å². The summed E-state index contributed by atoms with van der Waals surface area (Å²) in [7, 11) is 1.54. The second-order valence-corrected chi connectivity index (χ2v) is 5.42. The van der Waals surface area contributed by atoms with Crippen LogP contribution in [0.4, 0.5) is 11.5 Å². The summed E-state index contributed by atoms with van der Waals surface area (Å²) in [4.78, 5) is 23.0. The molecule has 1 amide bonds. The topological polar surface area (TPSA) is 89.7 Å². The molecular formula is C16H20N4O4. The molecule has 0 atom stereocenters. The molecule has 0 unspecified atom stereocenters. The number of nitrogens with one attached hydrogen (secondary N) is 1. The summed E-state index contributed by atoms with van der Waals surface area (Å²) < 4.78 is 15.4. The first-order valence-electron chi connectivity index (χ1n) is 7.72. The number of anilines is 2. The van der Waals surface area contributed by atoms with Gasteiger partial charge in [0.1, 0.15) is 18.7 Å². The van der Waals surface area contributed by atoms with E-state index in [2.05, 4.69) is 20.2 Å².